The number of carbonyl (C=O) groups is 2. The molecule has 3 aromatic heterocycles. The van der Waals surface area contributed by atoms with Crippen LogP contribution in [-0.2, 0) is 9.59 Å². The van der Waals surface area contributed by atoms with E-state index >= 15 is 0 Å². The number of nitrogens with two attached hydrogens (primary N) is 2. The maximum absolute atomic E-state index is 11.6. The summed E-state index contributed by atoms with van der Waals surface area (Å²) in [5, 5.41) is 5.51. The molecule has 11 nitrogen and oxygen atoms in total. The van der Waals surface area contributed by atoms with Crippen LogP contribution in [0.25, 0.3) is 67.5 Å². The van der Waals surface area contributed by atoms with Crippen molar-refractivity contribution in [3.63, 3.8) is 0 Å². The topological polar surface area (TPSA) is 181 Å². The number of benzene rings is 4. The molecule has 8 N–H and O–H groups in total. The highest BCUT2D eigenvalue weighted by Gasteiger charge is 2.12. The van der Waals surface area contributed by atoms with Crippen LogP contribution in [0.5, 0.6) is 0 Å². The predicted octanol–water partition coefficient (Wildman–Crippen LogP) is 5.49. The quantitative estimate of drug-likeness (QED) is 0.134. The fourth-order valence-corrected chi connectivity index (χ4v) is 5.11. The van der Waals surface area contributed by atoms with Crippen molar-refractivity contribution in [3.8, 4) is 45.4 Å². The van der Waals surface area contributed by atoms with E-state index in [1.54, 1.807) is 12.1 Å². The molecule has 0 aliphatic rings. The number of aromatic nitrogens is 4. The lowest BCUT2D eigenvalue weighted by molar-refractivity contribution is -0.115. The molecular weight excluding hydrogens is 568 g/mol. The van der Waals surface area contributed by atoms with Crippen LogP contribution in [-0.4, -0.2) is 44.8 Å². The average molecular weight is 597 g/mol. The summed E-state index contributed by atoms with van der Waals surface area (Å²) in [5.74, 6) is 2.45. The number of H-pyrrole nitrogens is 2. The number of imidazole rings is 2. The van der Waals surface area contributed by atoms with Crippen LogP contribution in [0.15, 0.2) is 101 Å². The van der Waals surface area contributed by atoms with Crippen molar-refractivity contribution >= 4 is 45.3 Å². The Morgan fingerprint density at radius 2 is 0.978 bits per heavy atom. The van der Waals surface area contributed by atoms with Crippen LogP contribution < -0.4 is 22.1 Å². The van der Waals surface area contributed by atoms with Crippen molar-refractivity contribution in [3.05, 3.63) is 97.1 Å². The highest BCUT2D eigenvalue weighted by atomic mass is 16.3. The molecule has 0 bridgehead atoms. The number of aromatic amines is 2. The summed E-state index contributed by atoms with van der Waals surface area (Å²) in [6, 6.07) is 30.8. The van der Waals surface area contributed by atoms with Crippen LogP contribution in [0, 0.1) is 0 Å². The molecule has 0 saturated carbocycles. The number of amides is 2. The standard InChI is InChI=1S/C34H28N8O3/c35-17-31(43)37-23-9-11-25-27(15-23)41-33(39-25)21-5-1-19(2-6-21)29-13-14-30(45-29)20-3-7-22(8-4-20)34-40-26-12-10-24(16-28(26)42-34)38-32(44)18-36/h1-16H,17-18,35-36H2,(H,37,43)(H,38,44)(H,39,41)(H,40,42). The smallest absolute Gasteiger partial charge is 0.238 e. The fraction of sp³-hybridized carbons (Fsp3) is 0.0588. The number of furan rings is 1. The molecule has 0 radical (unpaired) electrons. The Hall–Kier alpha value is -6.04. The second kappa shape index (κ2) is 11.6. The van der Waals surface area contributed by atoms with Crippen LogP contribution in [0.3, 0.4) is 0 Å². The minimum atomic E-state index is -0.252. The zero-order valence-corrected chi connectivity index (χ0v) is 23.9. The number of carbonyl (C=O) groups excluding carboxylic acids is 2. The number of fused-ring (bicyclic) bond motifs is 2. The first-order chi connectivity index (χ1) is 21.9. The summed E-state index contributed by atoms with van der Waals surface area (Å²) in [6.45, 7) is -0.152. The highest BCUT2D eigenvalue weighted by Crippen LogP contribution is 2.32. The molecular formula is C34H28N8O3. The summed E-state index contributed by atoms with van der Waals surface area (Å²) in [7, 11) is 0. The lowest BCUT2D eigenvalue weighted by atomic mass is 10.1. The predicted molar refractivity (Wildman–Crippen MR) is 175 cm³/mol. The van der Waals surface area contributed by atoms with Gasteiger partial charge in [0.15, 0.2) is 0 Å². The molecule has 0 unspecified atom stereocenters. The minimum Gasteiger partial charge on any atom is -0.456 e. The van der Waals surface area contributed by atoms with Gasteiger partial charge in [-0.25, -0.2) is 9.97 Å². The van der Waals surface area contributed by atoms with Crippen molar-refractivity contribution < 1.29 is 14.0 Å². The van der Waals surface area contributed by atoms with Crippen molar-refractivity contribution in [2.24, 2.45) is 11.5 Å². The van der Waals surface area contributed by atoms with Gasteiger partial charge in [0.05, 0.1) is 35.2 Å². The first kappa shape index (κ1) is 27.8. The van der Waals surface area contributed by atoms with E-state index in [9.17, 15) is 9.59 Å². The minimum absolute atomic E-state index is 0.0759. The number of hydrogen-bond acceptors (Lipinski definition) is 7. The van der Waals surface area contributed by atoms with Gasteiger partial charge in [-0.15, -0.1) is 0 Å². The summed E-state index contributed by atoms with van der Waals surface area (Å²) in [5.41, 5.74) is 19.1. The van der Waals surface area contributed by atoms with Gasteiger partial charge in [0, 0.05) is 33.6 Å². The number of nitrogens with zero attached hydrogens (tertiary/aromatic N) is 2. The first-order valence-corrected chi connectivity index (χ1v) is 14.3. The molecule has 0 aliphatic heterocycles. The summed E-state index contributed by atoms with van der Waals surface area (Å²) in [4.78, 5) is 39.3. The van der Waals surface area contributed by atoms with Crippen molar-refractivity contribution in [2.75, 3.05) is 23.7 Å². The number of nitrogens with one attached hydrogen (secondary N) is 4. The second-order valence-corrected chi connectivity index (χ2v) is 10.5. The number of rotatable bonds is 8. The summed E-state index contributed by atoms with van der Waals surface area (Å²) in [6.07, 6.45) is 0. The van der Waals surface area contributed by atoms with E-state index in [4.69, 9.17) is 15.9 Å². The third-order valence-electron chi connectivity index (χ3n) is 7.39. The zero-order valence-electron chi connectivity index (χ0n) is 23.9. The molecule has 0 saturated heterocycles. The number of hydrogen-bond donors (Lipinski definition) is 6. The van der Waals surface area contributed by atoms with Gasteiger partial charge in [0.25, 0.3) is 0 Å². The van der Waals surface area contributed by atoms with E-state index in [2.05, 4.69) is 30.6 Å². The van der Waals surface area contributed by atoms with Gasteiger partial charge in [0.1, 0.15) is 23.2 Å². The normalized spacial score (nSPS) is 11.2. The van der Waals surface area contributed by atoms with Crippen molar-refractivity contribution in [1.29, 1.82) is 0 Å². The molecule has 4 aromatic carbocycles. The molecule has 11 heteroatoms. The van der Waals surface area contributed by atoms with Gasteiger partial charge in [-0.2, -0.15) is 0 Å². The van der Waals surface area contributed by atoms with E-state index < -0.39 is 0 Å². The SMILES string of the molecule is NCC(=O)Nc1ccc2nc(-c3ccc(-c4ccc(-c5ccc(-c6nc7ccc(NC(=O)CN)cc7[nH]6)cc5)o4)cc3)[nH]c2c1. The third-order valence-corrected chi connectivity index (χ3v) is 7.39. The Balaban J connectivity index is 1.06. The molecule has 222 valence electrons. The molecule has 0 spiro atoms. The summed E-state index contributed by atoms with van der Waals surface area (Å²) < 4.78 is 6.22. The van der Waals surface area contributed by atoms with Crippen molar-refractivity contribution in [1.82, 2.24) is 19.9 Å². The van der Waals surface area contributed by atoms with Gasteiger partial charge < -0.3 is 36.5 Å². The van der Waals surface area contributed by atoms with Crippen LogP contribution >= 0.6 is 0 Å². The Morgan fingerprint density at radius 1 is 0.578 bits per heavy atom. The summed E-state index contributed by atoms with van der Waals surface area (Å²) >= 11 is 0. The maximum Gasteiger partial charge on any atom is 0.238 e. The largest absolute Gasteiger partial charge is 0.456 e. The van der Waals surface area contributed by atoms with Crippen LogP contribution in [0.4, 0.5) is 11.4 Å². The fourth-order valence-electron chi connectivity index (χ4n) is 5.11. The zero-order chi connectivity index (χ0) is 30.9. The Kier molecular flexibility index (Phi) is 7.14. The average Bonchev–Trinajstić information content (AvgIpc) is 3.83. The maximum atomic E-state index is 11.6. The number of anilines is 2. The molecule has 2 amide bonds. The molecule has 0 atom stereocenters. The van der Waals surface area contributed by atoms with Gasteiger partial charge in [-0.1, -0.05) is 48.5 Å². The lowest BCUT2D eigenvalue weighted by Crippen LogP contribution is -2.21. The van der Waals surface area contributed by atoms with E-state index in [1.165, 1.54) is 0 Å². The Bertz CT molecular complexity index is 2020. The van der Waals surface area contributed by atoms with Gasteiger partial charge in [0.2, 0.25) is 11.8 Å². The van der Waals surface area contributed by atoms with Crippen LogP contribution in [0.2, 0.25) is 0 Å². The van der Waals surface area contributed by atoms with E-state index in [1.807, 2.05) is 84.9 Å². The Labute approximate surface area is 256 Å². The lowest BCUT2D eigenvalue weighted by Gasteiger charge is -2.02. The Morgan fingerprint density at radius 3 is 1.38 bits per heavy atom. The third kappa shape index (κ3) is 5.68. The monoisotopic (exact) mass is 596 g/mol. The molecule has 3 heterocycles. The van der Waals surface area contributed by atoms with Crippen molar-refractivity contribution in [2.45, 2.75) is 0 Å². The molecule has 7 rings (SSSR count). The van der Waals surface area contributed by atoms with Gasteiger partial charge in [-0.3, -0.25) is 9.59 Å². The highest BCUT2D eigenvalue weighted by molar-refractivity contribution is 5.95. The first-order valence-electron chi connectivity index (χ1n) is 14.3. The van der Waals surface area contributed by atoms with E-state index in [-0.39, 0.29) is 24.9 Å². The molecule has 7 aromatic rings. The van der Waals surface area contributed by atoms with Crippen LogP contribution in [0.1, 0.15) is 0 Å². The van der Waals surface area contributed by atoms with Gasteiger partial charge in [-0.05, 0) is 48.5 Å². The van der Waals surface area contributed by atoms with E-state index in [0.717, 1.165) is 67.5 Å². The van der Waals surface area contributed by atoms with E-state index in [0.29, 0.717) is 11.4 Å². The molecule has 45 heavy (non-hydrogen) atoms. The van der Waals surface area contributed by atoms with Gasteiger partial charge >= 0.3 is 0 Å². The molecule has 0 fully saturated rings. The molecule has 0 aliphatic carbocycles. The second-order valence-electron chi connectivity index (χ2n) is 10.5.